The second-order valence-corrected chi connectivity index (χ2v) is 15.0. The number of aryl methyl sites for hydroxylation is 2. The van der Waals surface area contributed by atoms with E-state index < -0.39 is 53.0 Å². The molecule has 50 heavy (non-hydrogen) atoms. The van der Waals surface area contributed by atoms with Crippen LogP contribution in [0, 0.1) is 25.7 Å². The third kappa shape index (κ3) is 12.4. The van der Waals surface area contributed by atoms with E-state index in [0.29, 0.717) is 22.7 Å². The Labute approximate surface area is 296 Å². The Morgan fingerprint density at radius 2 is 1.32 bits per heavy atom. The minimum atomic E-state index is -1.06. The Morgan fingerprint density at radius 1 is 0.760 bits per heavy atom. The maximum Gasteiger partial charge on any atom is 0.408 e. The Balaban J connectivity index is 2.25. The van der Waals surface area contributed by atoms with Crippen molar-refractivity contribution in [1.82, 2.24) is 16.0 Å². The molecular weight excluding hydrogens is 640 g/mol. The van der Waals surface area contributed by atoms with Crippen LogP contribution < -0.4 is 30.7 Å². The van der Waals surface area contributed by atoms with Gasteiger partial charge in [-0.2, -0.15) is 0 Å². The van der Waals surface area contributed by atoms with Crippen LogP contribution >= 0.6 is 0 Å². The Morgan fingerprint density at radius 3 is 1.84 bits per heavy atom. The molecule has 2 aromatic rings. The highest BCUT2D eigenvalue weighted by molar-refractivity contribution is 5.94. The van der Waals surface area contributed by atoms with Crippen molar-refractivity contribution in [3.8, 4) is 11.5 Å². The third-order valence-electron chi connectivity index (χ3n) is 7.90. The lowest BCUT2D eigenvalue weighted by molar-refractivity contribution is -0.141. The highest BCUT2D eigenvalue weighted by Crippen LogP contribution is 2.38. The first kappa shape index (κ1) is 41.6. The summed E-state index contributed by atoms with van der Waals surface area (Å²) in [4.78, 5) is 65.7. The molecule has 0 radical (unpaired) electrons. The molecule has 0 saturated heterocycles. The van der Waals surface area contributed by atoms with E-state index in [9.17, 15) is 24.0 Å². The number of carbonyl (C=O) groups is 5. The van der Waals surface area contributed by atoms with Gasteiger partial charge in [0.05, 0.1) is 7.11 Å². The number of hydrogen-bond acceptors (Lipinski definition) is 8. The molecule has 0 saturated carbocycles. The number of ether oxygens (including phenoxy) is 3. The molecule has 0 unspecified atom stereocenters. The molecule has 12 heteroatoms. The number of alkyl carbamates (subject to hydrolysis) is 1. The summed E-state index contributed by atoms with van der Waals surface area (Å²) in [6, 6.07) is 7.67. The lowest BCUT2D eigenvalue weighted by atomic mass is 9.78. The Bertz CT molecular complexity index is 1530. The number of anilines is 1. The molecule has 4 amide bonds. The summed E-state index contributed by atoms with van der Waals surface area (Å²) in [5.41, 5.74) is 1.51. The fourth-order valence-electron chi connectivity index (χ4n) is 5.52. The van der Waals surface area contributed by atoms with E-state index in [1.165, 1.54) is 6.92 Å². The van der Waals surface area contributed by atoms with Crippen LogP contribution in [0.15, 0.2) is 36.4 Å². The minimum Gasteiger partial charge on any atom is -0.497 e. The van der Waals surface area contributed by atoms with Crippen LogP contribution in [-0.2, 0) is 29.3 Å². The SMILES string of the molecule is COc1ccc(NC(=O)CC(C)(C)c2c(C)cc(C)cc2OC(=O)[C@@H](NC(=O)[C@@H](NC(=O)[C@H](C)NC(=O)OC(C)(C)C)C(C)C)C(C)C)cc1. The van der Waals surface area contributed by atoms with E-state index in [1.54, 1.807) is 85.9 Å². The molecule has 0 spiro atoms. The Kier molecular flexibility index (Phi) is 14.4. The van der Waals surface area contributed by atoms with Crippen LogP contribution in [0.3, 0.4) is 0 Å². The van der Waals surface area contributed by atoms with Crippen LogP contribution in [0.2, 0.25) is 0 Å². The van der Waals surface area contributed by atoms with Crippen LogP contribution in [0.1, 0.15) is 92.3 Å². The van der Waals surface area contributed by atoms with Gasteiger partial charge in [-0.05, 0) is 94.8 Å². The fourth-order valence-corrected chi connectivity index (χ4v) is 5.52. The zero-order valence-corrected chi connectivity index (χ0v) is 31.8. The standard InChI is InChI=1S/C38H56N4O8/c1-21(2)31(41-33(44)25(7)39-36(47)50-37(8,9)10)34(45)42-32(22(3)4)35(46)49-28-19-23(5)18-24(6)30(28)38(11,12)20-29(43)40-26-14-16-27(48-13)17-15-26/h14-19,21-22,25,31-32H,20H2,1-13H3,(H,39,47)(H,40,43)(H,41,44)(H,42,45)/t25-,31-,32-/m0/s1. The summed E-state index contributed by atoms with van der Waals surface area (Å²) in [7, 11) is 1.57. The second kappa shape index (κ2) is 17.4. The molecule has 4 N–H and O–H groups in total. The highest BCUT2D eigenvalue weighted by Gasteiger charge is 2.35. The molecule has 0 fully saturated rings. The summed E-state index contributed by atoms with van der Waals surface area (Å²) < 4.78 is 16.5. The quantitative estimate of drug-likeness (QED) is 0.144. The summed E-state index contributed by atoms with van der Waals surface area (Å²) in [5.74, 6) is -1.84. The monoisotopic (exact) mass is 696 g/mol. The molecule has 3 atom stereocenters. The number of amides is 4. The lowest BCUT2D eigenvalue weighted by Gasteiger charge is -2.30. The van der Waals surface area contributed by atoms with Gasteiger partial charge in [-0.25, -0.2) is 9.59 Å². The van der Waals surface area contributed by atoms with Crippen LogP contribution in [0.5, 0.6) is 11.5 Å². The fraction of sp³-hybridized carbons (Fsp3) is 0.553. The number of esters is 1. The normalized spacial score (nSPS) is 13.5. The first-order chi connectivity index (χ1) is 23.0. The van der Waals surface area contributed by atoms with Gasteiger partial charge in [0.2, 0.25) is 17.7 Å². The van der Waals surface area contributed by atoms with Gasteiger partial charge in [0.25, 0.3) is 0 Å². The highest BCUT2D eigenvalue weighted by atomic mass is 16.6. The summed E-state index contributed by atoms with van der Waals surface area (Å²) in [6.45, 7) is 21.3. The number of nitrogens with one attached hydrogen (secondary N) is 4. The van der Waals surface area contributed by atoms with Crippen molar-refractivity contribution in [3.63, 3.8) is 0 Å². The largest absolute Gasteiger partial charge is 0.497 e. The number of benzene rings is 2. The van der Waals surface area contributed by atoms with Crippen molar-refractivity contribution in [2.24, 2.45) is 11.8 Å². The molecule has 0 aliphatic rings. The van der Waals surface area contributed by atoms with Gasteiger partial charge in [-0.15, -0.1) is 0 Å². The van der Waals surface area contributed by atoms with Crippen molar-refractivity contribution in [3.05, 3.63) is 53.1 Å². The van der Waals surface area contributed by atoms with Crippen molar-refractivity contribution in [2.45, 2.75) is 119 Å². The smallest absolute Gasteiger partial charge is 0.408 e. The average molecular weight is 697 g/mol. The van der Waals surface area contributed by atoms with E-state index in [0.717, 1.165) is 11.1 Å². The molecule has 0 aromatic heterocycles. The molecular formula is C38H56N4O8. The predicted octanol–water partition coefficient (Wildman–Crippen LogP) is 5.72. The molecule has 0 aliphatic carbocycles. The first-order valence-electron chi connectivity index (χ1n) is 16.9. The van der Waals surface area contributed by atoms with Crippen molar-refractivity contribution >= 4 is 35.5 Å². The zero-order chi connectivity index (χ0) is 38.1. The van der Waals surface area contributed by atoms with Crippen molar-refractivity contribution < 1.29 is 38.2 Å². The van der Waals surface area contributed by atoms with Gasteiger partial charge < -0.3 is 35.5 Å². The number of rotatable bonds is 14. The molecule has 0 heterocycles. The van der Waals surface area contributed by atoms with E-state index in [4.69, 9.17) is 14.2 Å². The second-order valence-electron chi connectivity index (χ2n) is 15.0. The minimum absolute atomic E-state index is 0.0921. The van der Waals surface area contributed by atoms with Gasteiger partial charge in [-0.3, -0.25) is 14.4 Å². The first-order valence-corrected chi connectivity index (χ1v) is 16.9. The van der Waals surface area contributed by atoms with E-state index in [2.05, 4.69) is 21.3 Å². The van der Waals surface area contributed by atoms with E-state index in [1.807, 2.05) is 33.8 Å². The summed E-state index contributed by atoms with van der Waals surface area (Å²) in [6.07, 6.45) is -0.672. The predicted molar refractivity (Wildman–Crippen MR) is 193 cm³/mol. The molecule has 2 aromatic carbocycles. The van der Waals surface area contributed by atoms with Gasteiger partial charge in [0, 0.05) is 23.1 Å². The molecule has 276 valence electrons. The van der Waals surface area contributed by atoms with Gasteiger partial charge >= 0.3 is 12.1 Å². The third-order valence-corrected chi connectivity index (χ3v) is 7.90. The maximum absolute atomic E-state index is 13.8. The molecule has 12 nitrogen and oxygen atoms in total. The van der Waals surface area contributed by atoms with Crippen LogP contribution in [-0.4, -0.2) is 60.6 Å². The molecule has 2 rings (SSSR count). The number of hydrogen-bond donors (Lipinski definition) is 4. The number of methoxy groups -OCH3 is 1. The molecule has 0 aliphatic heterocycles. The van der Waals surface area contributed by atoms with Crippen molar-refractivity contribution in [2.75, 3.05) is 12.4 Å². The lowest BCUT2D eigenvalue weighted by Crippen LogP contribution is -2.58. The summed E-state index contributed by atoms with van der Waals surface area (Å²) in [5, 5.41) is 10.8. The molecule has 0 bridgehead atoms. The van der Waals surface area contributed by atoms with Crippen LogP contribution in [0.25, 0.3) is 0 Å². The van der Waals surface area contributed by atoms with E-state index >= 15 is 0 Å². The summed E-state index contributed by atoms with van der Waals surface area (Å²) >= 11 is 0. The zero-order valence-electron chi connectivity index (χ0n) is 31.8. The maximum atomic E-state index is 13.8. The van der Waals surface area contributed by atoms with Crippen LogP contribution in [0.4, 0.5) is 10.5 Å². The van der Waals surface area contributed by atoms with Gasteiger partial charge in [0.1, 0.15) is 35.2 Å². The Hall–Kier alpha value is -4.61. The van der Waals surface area contributed by atoms with Gasteiger partial charge in [0.15, 0.2) is 0 Å². The van der Waals surface area contributed by atoms with E-state index in [-0.39, 0.29) is 24.2 Å². The number of carbonyl (C=O) groups excluding carboxylic acids is 5. The average Bonchev–Trinajstić information content (AvgIpc) is 2.96. The van der Waals surface area contributed by atoms with Crippen molar-refractivity contribution in [1.29, 1.82) is 0 Å². The van der Waals surface area contributed by atoms with Gasteiger partial charge in [-0.1, -0.05) is 47.6 Å². The topological polar surface area (TPSA) is 161 Å².